The molecule has 0 aliphatic heterocycles. The van der Waals surface area contributed by atoms with Crippen LogP contribution < -0.4 is 5.32 Å². The third-order valence-electron chi connectivity index (χ3n) is 4.07. The van der Waals surface area contributed by atoms with Crippen molar-refractivity contribution >= 4 is 44.1 Å². The summed E-state index contributed by atoms with van der Waals surface area (Å²) in [5, 5.41) is 15.6. The molecule has 126 valence electrons. The first kappa shape index (κ1) is 15.8. The number of fused-ring (bicyclic) bond motifs is 3. The van der Waals surface area contributed by atoms with E-state index in [-0.39, 0.29) is 12.3 Å². The molecule has 0 bridgehead atoms. The van der Waals surface area contributed by atoms with Crippen LogP contribution in [0, 0.1) is 0 Å². The maximum absolute atomic E-state index is 12.4. The van der Waals surface area contributed by atoms with E-state index in [9.17, 15) is 4.79 Å². The molecular formula is C19H17N3O2S. The van der Waals surface area contributed by atoms with Crippen LogP contribution in [-0.4, -0.2) is 16.1 Å². The third kappa shape index (κ3) is 3.00. The summed E-state index contributed by atoms with van der Waals surface area (Å²) in [4.78, 5) is 12.4. The number of amides is 1. The van der Waals surface area contributed by atoms with Crippen molar-refractivity contribution in [2.45, 2.75) is 26.2 Å². The number of aromatic nitrogens is 2. The van der Waals surface area contributed by atoms with Gasteiger partial charge in [-0.3, -0.25) is 4.79 Å². The standard InChI is InChI=1S/C19H17N3O2S/c1-11(2)18-21-22-19(25-18)20-16(23)9-13-10-24-15-8-7-12-5-3-4-6-14(12)17(13)15/h3-8,10-11H,9H2,1-2H3,(H,20,22,23). The van der Waals surface area contributed by atoms with Gasteiger partial charge in [0, 0.05) is 16.9 Å². The predicted octanol–water partition coefficient (Wildman–Crippen LogP) is 4.74. The van der Waals surface area contributed by atoms with Gasteiger partial charge in [0.25, 0.3) is 0 Å². The van der Waals surface area contributed by atoms with Crippen molar-refractivity contribution in [3.05, 3.63) is 53.2 Å². The van der Waals surface area contributed by atoms with Gasteiger partial charge in [-0.25, -0.2) is 0 Å². The van der Waals surface area contributed by atoms with Crippen LogP contribution in [0.25, 0.3) is 21.7 Å². The fourth-order valence-corrected chi connectivity index (χ4v) is 3.62. The first-order valence-electron chi connectivity index (χ1n) is 8.13. The molecule has 0 radical (unpaired) electrons. The minimum atomic E-state index is -0.123. The van der Waals surface area contributed by atoms with Crippen molar-refractivity contribution in [1.82, 2.24) is 10.2 Å². The SMILES string of the molecule is CC(C)c1nnc(NC(=O)Cc2coc3ccc4ccccc4c23)s1. The van der Waals surface area contributed by atoms with Gasteiger partial charge in [-0.15, -0.1) is 10.2 Å². The molecular weight excluding hydrogens is 334 g/mol. The number of carbonyl (C=O) groups excluding carboxylic acids is 1. The normalized spacial score (nSPS) is 11.5. The Bertz CT molecular complexity index is 1060. The summed E-state index contributed by atoms with van der Waals surface area (Å²) in [6.45, 7) is 4.10. The minimum Gasteiger partial charge on any atom is -0.464 e. The van der Waals surface area contributed by atoms with Crippen molar-refractivity contribution in [2.24, 2.45) is 0 Å². The molecule has 2 aromatic heterocycles. The molecule has 0 spiro atoms. The van der Waals surface area contributed by atoms with Gasteiger partial charge in [0.2, 0.25) is 11.0 Å². The summed E-state index contributed by atoms with van der Waals surface area (Å²) in [5.41, 5.74) is 1.66. The molecule has 0 saturated heterocycles. The molecule has 1 amide bonds. The maximum atomic E-state index is 12.4. The van der Waals surface area contributed by atoms with Crippen LogP contribution in [0.3, 0.4) is 0 Å². The lowest BCUT2D eigenvalue weighted by Gasteiger charge is -2.03. The molecule has 0 aliphatic rings. The summed E-state index contributed by atoms with van der Waals surface area (Å²) >= 11 is 1.41. The number of rotatable bonds is 4. The fraction of sp³-hybridized carbons (Fsp3) is 0.211. The number of benzene rings is 2. The van der Waals surface area contributed by atoms with Gasteiger partial charge in [0.15, 0.2) is 0 Å². The number of anilines is 1. The Morgan fingerprint density at radius 1 is 1.20 bits per heavy atom. The lowest BCUT2D eigenvalue weighted by Crippen LogP contribution is -2.14. The molecule has 25 heavy (non-hydrogen) atoms. The van der Waals surface area contributed by atoms with Gasteiger partial charge in [-0.05, 0) is 16.8 Å². The average molecular weight is 351 g/mol. The van der Waals surface area contributed by atoms with Crippen LogP contribution in [0.5, 0.6) is 0 Å². The number of nitrogens with zero attached hydrogens (tertiary/aromatic N) is 2. The van der Waals surface area contributed by atoms with E-state index in [1.54, 1.807) is 6.26 Å². The van der Waals surface area contributed by atoms with E-state index in [0.717, 1.165) is 32.3 Å². The molecule has 0 fully saturated rings. The van der Waals surface area contributed by atoms with Crippen LogP contribution in [-0.2, 0) is 11.2 Å². The second-order valence-electron chi connectivity index (χ2n) is 6.25. The van der Waals surface area contributed by atoms with Crippen molar-refractivity contribution in [3.8, 4) is 0 Å². The zero-order chi connectivity index (χ0) is 17.4. The number of hydrogen-bond donors (Lipinski definition) is 1. The highest BCUT2D eigenvalue weighted by Crippen LogP contribution is 2.30. The first-order chi connectivity index (χ1) is 12.1. The predicted molar refractivity (Wildman–Crippen MR) is 100 cm³/mol. The van der Waals surface area contributed by atoms with Crippen LogP contribution in [0.15, 0.2) is 47.1 Å². The van der Waals surface area contributed by atoms with Crippen molar-refractivity contribution < 1.29 is 9.21 Å². The lowest BCUT2D eigenvalue weighted by molar-refractivity contribution is -0.115. The largest absolute Gasteiger partial charge is 0.464 e. The van der Waals surface area contributed by atoms with Crippen LogP contribution in [0.1, 0.15) is 30.3 Å². The second-order valence-corrected chi connectivity index (χ2v) is 7.25. The first-order valence-corrected chi connectivity index (χ1v) is 8.94. The summed E-state index contributed by atoms with van der Waals surface area (Å²) in [6.07, 6.45) is 1.90. The van der Waals surface area contributed by atoms with Crippen LogP contribution >= 0.6 is 11.3 Å². The quantitative estimate of drug-likeness (QED) is 0.576. The Labute approximate surface area is 148 Å². The van der Waals surface area contributed by atoms with Gasteiger partial charge in [-0.2, -0.15) is 0 Å². The van der Waals surface area contributed by atoms with Crippen LogP contribution in [0.4, 0.5) is 5.13 Å². The third-order valence-corrected chi connectivity index (χ3v) is 5.21. The average Bonchev–Trinajstić information content (AvgIpc) is 3.22. The molecule has 2 heterocycles. The topological polar surface area (TPSA) is 68.0 Å². The van der Waals surface area contributed by atoms with Crippen molar-refractivity contribution in [3.63, 3.8) is 0 Å². The molecule has 0 aliphatic carbocycles. The molecule has 6 heteroatoms. The van der Waals surface area contributed by atoms with E-state index in [1.807, 2.05) is 30.3 Å². The van der Waals surface area contributed by atoms with E-state index in [0.29, 0.717) is 11.0 Å². The van der Waals surface area contributed by atoms with Gasteiger partial charge < -0.3 is 9.73 Å². The highest BCUT2D eigenvalue weighted by atomic mass is 32.1. The Balaban J connectivity index is 1.61. The Morgan fingerprint density at radius 3 is 2.84 bits per heavy atom. The highest BCUT2D eigenvalue weighted by molar-refractivity contribution is 7.15. The van der Waals surface area contributed by atoms with Gasteiger partial charge in [0.1, 0.15) is 10.6 Å². The summed E-state index contributed by atoms with van der Waals surface area (Å²) in [6, 6.07) is 12.1. The Morgan fingerprint density at radius 2 is 2.04 bits per heavy atom. The summed E-state index contributed by atoms with van der Waals surface area (Å²) < 4.78 is 5.64. The molecule has 4 aromatic rings. The molecule has 2 aromatic carbocycles. The molecule has 4 rings (SSSR count). The van der Waals surface area contributed by atoms with E-state index >= 15 is 0 Å². The summed E-state index contributed by atoms with van der Waals surface area (Å²) in [5.74, 6) is 0.175. The Hall–Kier alpha value is -2.73. The van der Waals surface area contributed by atoms with Gasteiger partial charge >= 0.3 is 0 Å². The molecule has 0 unspecified atom stereocenters. The van der Waals surface area contributed by atoms with E-state index in [2.05, 4.69) is 35.4 Å². The number of furan rings is 1. The monoisotopic (exact) mass is 351 g/mol. The fourth-order valence-electron chi connectivity index (χ4n) is 2.86. The second kappa shape index (κ2) is 6.29. The Kier molecular flexibility index (Phi) is 3.97. The van der Waals surface area contributed by atoms with Crippen molar-refractivity contribution in [1.29, 1.82) is 0 Å². The lowest BCUT2D eigenvalue weighted by atomic mass is 10.0. The number of carbonyl (C=O) groups is 1. The molecule has 0 saturated carbocycles. The minimum absolute atomic E-state index is 0.123. The summed E-state index contributed by atoms with van der Waals surface area (Å²) in [7, 11) is 0. The molecule has 0 atom stereocenters. The maximum Gasteiger partial charge on any atom is 0.230 e. The van der Waals surface area contributed by atoms with E-state index < -0.39 is 0 Å². The number of hydrogen-bond acceptors (Lipinski definition) is 5. The zero-order valence-electron chi connectivity index (χ0n) is 13.9. The van der Waals surface area contributed by atoms with Gasteiger partial charge in [0.05, 0.1) is 12.7 Å². The van der Waals surface area contributed by atoms with Gasteiger partial charge in [-0.1, -0.05) is 55.5 Å². The molecule has 5 nitrogen and oxygen atoms in total. The zero-order valence-corrected chi connectivity index (χ0v) is 14.8. The van der Waals surface area contributed by atoms with E-state index in [1.165, 1.54) is 11.3 Å². The highest BCUT2D eigenvalue weighted by Gasteiger charge is 2.15. The van der Waals surface area contributed by atoms with Crippen molar-refractivity contribution in [2.75, 3.05) is 5.32 Å². The number of nitrogens with one attached hydrogen (secondary N) is 1. The smallest absolute Gasteiger partial charge is 0.230 e. The van der Waals surface area contributed by atoms with Crippen LogP contribution in [0.2, 0.25) is 0 Å². The van der Waals surface area contributed by atoms with E-state index in [4.69, 9.17) is 4.42 Å². The molecule has 1 N–H and O–H groups in total.